The van der Waals surface area contributed by atoms with Crippen molar-refractivity contribution in [1.29, 1.82) is 0 Å². The molecule has 1 fully saturated rings. The molecular formula is C10H17N3O2. The molecule has 5 nitrogen and oxygen atoms in total. The zero-order chi connectivity index (χ0) is 10.7. The minimum atomic E-state index is 0.0177. The quantitative estimate of drug-likeness (QED) is 0.768. The van der Waals surface area contributed by atoms with E-state index in [9.17, 15) is 0 Å². The monoisotopic (exact) mass is 211 g/mol. The average molecular weight is 211 g/mol. The lowest BCUT2D eigenvalue weighted by Crippen LogP contribution is -2.12. The van der Waals surface area contributed by atoms with Crippen LogP contribution in [0.25, 0.3) is 0 Å². The van der Waals surface area contributed by atoms with Crippen molar-refractivity contribution in [1.82, 2.24) is 15.5 Å². The van der Waals surface area contributed by atoms with Gasteiger partial charge in [0.1, 0.15) is 6.10 Å². The molecule has 1 unspecified atom stereocenters. The summed E-state index contributed by atoms with van der Waals surface area (Å²) in [6.07, 6.45) is 2.43. The van der Waals surface area contributed by atoms with Crippen LogP contribution in [0.15, 0.2) is 4.52 Å². The molecule has 0 amide bonds. The van der Waals surface area contributed by atoms with Crippen LogP contribution in [-0.2, 0) is 11.3 Å². The number of nitrogens with zero attached hydrogens (tertiary/aromatic N) is 2. The topological polar surface area (TPSA) is 60.2 Å². The van der Waals surface area contributed by atoms with Crippen LogP contribution in [0.5, 0.6) is 0 Å². The first-order chi connectivity index (χ1) is 7.35. The number of hydrogen-bond donors (Lipinski definition) is 1. The van der Waals surface area contributed by atoms with Gasteiger partial charge in [-0.3, -0.25) is 0 Å². The average Bonchev–Trinajstić information content (AvgIpc) is 2.96. The van der Waals surface area contributed by atoms with Gasteiger partial charge in [0.25, 0.3) is 0 Å². The highest BCUT2D eigenvalue weighted by Crippen LogP contribution is 2.41. The lowest BCUT2D eigenvalue weighted by molar-refractivity contribution is 0.0751. The first-order valence-corrected chi connectivity index (χ1v) is 5.41. The van der Waals surface area contributed by atoms with E-state index in [0.29, 0.717) is 24.2 Å². The summed E-state index contributed by atoms with van der Waals surface area (Å²) >= 11 is 0. The molecule has 1 aromatic heterocycles. The van der Waals surface area contributed by atoms with Gasteiger partial charge in [-0.15, -0.1) is 0 Å². The maximum atomic E-state index is 5.37. The molecule has 0 bridgehead atoms. The Hall–Kier alpha value is -0.940. The third-order valence-electron chi connectivity index (χ3n) is 2.57. The fourth-order valence-corrected chi connectivity index (χ4v) is 1.59. The van der Waals surface area contributed by atoms with E-state index >= 15 is 0 Å². The van der Waals surface area contributed by atoms with E-state index < -0.39 is 0 Å². The van der Waals surface area contributed by atoms with Gasteiger partial charge in [-0.05, 0) is 25.3 Å². The summed E-state index contributed by atoms with van der Waals surface area (Å²) in [4.78, 5) is 4.31. The number of ether oxygens (including phenoxy) is 1. The van der Waals surface area contributed by atoms with Gasteiger partial charge in [0.2, 0.25) is 11.7 Å². The predicted octanol–water partition coefficient (Wildman–Crippen LogP) is 1.28. The minimum Gasteiger partial charge on any atom is -0.373 e. The van der Waals surface area contributed by atoms with E-state index in [1.807, 2.05) is 6.92 Å². The first-order valence-electron chi connectivity index (χ1n) is 5.41. The molecule has 0 radical (unpaired) electrons. The molecule has 0 aliphatic heterocycles. The largest absolute Gasteiger partial charge is 0.373 e. The molecule has 0 spiro atoms. The van der Waals surface area contributed by atoms with E-state index in [4.69, 9.17) is 9.26 Å². The first kappa shape index (κ1) is 10.6. The Kier molecular flexibility index (Phi) is 3.33. The summed E-state index contributed by atoms with van der Waals surface area (Å²) in [5.41, 5.74) is 0. The molecule has 1 aliphatic carbocycles. The van der Waals surface area contributed by atoms with E-state index in [1.54, 1.807) is 7.11 Å². The Balaban J connectivity index is 1.98. The van der Waals surface area contributed by atoms with Gasteiger partial charge in [-0.1, -0.05) is 12.1 Å². The second kappa shape index (κ2) is 4.72. The fraction of sp³-hybridized carbons (Fsp3) is 0.800. The van der Waals surface area contributed by atoms with Crippen molar-refractivity contribution in [3.8, 4) is 0 Å². The smallest absolute Gasteiger partial charge is 0.240 e. The SMILES string of the molecule is CCNCc1nc(C(OC)C2CC2)no1. The molecule has 5 heteroatoms. The summed E-state index contributed by atoms with van der Waals surface area (Å²) in [7, 11) is 1.70. The second-order valence-electron chi connectivity index (χ2n) is 3.82. The van der Waals surface area contributed by atoms with Gasteiger partial charge >= 0.3 is 0 Å². The molecule has 1 heterocycles. The van der Waals surface area contributed by atoms with Crippen molar-refractivity contribution in [3.05, 3.63) is 11.7 Å². The van der Waals surface area contributed by atoms with Crippen molar-refractivity contribution >= 4 is 0 Å². The molecule has 2 rings (SSSR count). The van der Waals surface area contributed by atoms with Gasteiger partial charge in [0.05, 0.1) is 6.54 Å². The molecule has 1 aliphatic rings. The standard InChI is InChI=1S/C10H17N3O2/c1-3-11-6-8-12-10(13-15-8)9(14-2)7-4-5-7/h7,9,11H,3-6H2,1-2H3. The zero-order valence-electron chi connectivity index (χ0n) is 9.19. The Morgan fingerprint density at radius 1 is 1.60 bits per heavy atom. The lowest BCUT2D eigenvalue weighted by atomic mass is 10.2. The van der Waals surface area contributed by atoms with Crippen LogP contribution >= 0.6 is 0 Å². The maximum Gasteiger partial charge on any atom is 0.240 e. The third-order valence-corrected chi connectivity index (χ3v) is 2.57. The maximum absolute atomic E-state index is 5.37. The van der Waals surface area contributed by atoms with Crippen molar-refractivity contribution in [2.45, 2.75) is 32.4 Å². The highest BCUT2D eigenvalue weighted by molar-refractivity contribution is 4.98. The molecule has 15 heavy (non-hydrogen) atoms. The Morgan fingerprint density at radius 2 is 2.40 bits per heavy atom. The van der Waals surface area contributed by atoms with E-state index in [1.165, 1.54) is 12.8 Å². The number of nitrogens with one attached hydrogen (secondary N) is 1. The number of aromatic nitrogens is 2. The van der Waals surface area contributed by atoms with Crippen LogP contribution in [0, 0.1) is 5.92 Å². The van der Waals surface area contributed by atoms with Crippen molar-refractivity contribution in [2.24, 2.45) is 5.92 Å². The van der Waals surface area contributed by atoms with Crippen LogP contribution < -0.4 is 5.32 Å². The molecule has 1 aromatic rings. The van der Waals surface area contributed by atoms with Gasteiger partial charge < -0.3 is 14.6 Å². The molecule has 84 valence electrons. The number of hydrogen-bond acceptors (Lipinski definition) is 5. The Labute approximate surface area is 89.2 Å². The van der Waals surface area contributed by atoms with Crippen molar-refractivity contribution in [3.63, 3.8) is 0 Å². The molecule has 1 N–H and O–H groups in total. The third kappa shape index (κ3) is 2.54. The van der Waals surface area contributed by atoms with E-state index in [2.05, 4.69) is 15.5 Å². The van der Waals surface area contributed by atoms with Crippen LogP contribution in [-0.4, -0.2) is 23.8 Å². The highest BCUT2D eigenvalue weighted by atomic mass is 16.5. The highest BCUT2D eigenvalue weighted by Gasteiger charge is 2.35. The summed E-state index contributed by atoms with van der Waals surface area (Å²) < 4.78 is 10.5. The summed E-state index contributed by atoms with van der Waals surface area (Å²) in [6, 6.07) is 0. The van der Waals surface area contributed by atoms with Gasteiger partial charge in [0.15, 0.2) is 0 Å². The predicted molar refractivity (Wildman–Crippen MR) is 54.2 cm³/mol. The van der Waals surface area contributed by atoms with Crippen LogP contribution in [0.1, 0.15) is 37.6 Å². The fourth-order valence-electron chi connectivity index (χ4n) is 1.59. The van der Waals surface area contributed by atoms with E-state index in [-0.39, 0.29) is 6.10 Å². The Morgan fingerprint density at radius 3 is 3.00 bits per heavy atom. The Bertz CT molecular complexity index is 309. The van der Waals surface area contributed by atoms with Gasteiger partial charge in [-0.2, -0.15) is 4.98 Å². The number of rotatable bonds is 6. The van der Waals surface area contributed by atoms with Gasteiger partial charge in [-0.25, -0.2) is 0 Å². The van der Waals surface area contributed by atoms with Crippen LogP contribution in [0.2, 0.25) is 0 Å². The summed E-state index contributed by atoms with van der Waals surface area (Å²) in [6.45, 7) is 3.57. The number of methoxy groups -OCH3 is 1. The van der Waals surface area contributed by atoms with Gasteiger partial charge in [0, 0.05) is 7.11 Å². The zero-order valence-corrected chi connectivity index (χ0v) is 9.19. The molecular weight excluding hydrogens is 194 g/mol. The van der Waals surface area contributed by atoms with Crippen LogP contribution in [0.3, 0.4) is 0 Å². The second-order valence-corrected chi connectivity index (χ2v) is 3.82. The van der Waals surface area contributed by atoms with E-state index in [0.717, 1.165) is 6.54 Å². The molecule has 1 atom stereocenters. The normalized spacial score (nSPS) is 18.0. The molecule has 0 aromatic carbocycles. The lowest BCUT2D eigenvalue weighted by Gasteiger charge is -2.08. The van der Waals surface area contributed by atoms with Crippen molar-refractivity contribution in [2.75, 3.05) is 13.7 Å². The minimum absolute atomic E-state index is 0.0177. The van der Waals surface area contributed by atoms with Crippen molar-refractivity contribution < 1.29 is 9.26 Å². The van der Waals surface area contributed by atoms with Crippen LogP contribution in [0.4, 0.5) is 0 Å². The summed E-state index contributed by atoms with van der Waals surface area (Å²) in [5.74, 6) is 1.90. The molecule has 1 saturated carbocycles. The molecule has 0 saturated heterocycles. The summed E-state index contributed by atoms with van der Waals surface area (Å²) in [5, 5.41) is 7.09.